The molecule has 0 unspecified atom stereocenters. The van der Waals surface area contributed by atoms with Crippen molar-refractivity contribution in [3.8, 4) is 0 Å². The zero-order valence-electron chi connectivity index (χ0n) is 14.8. The molecular weight excluding hydrogens is 336 g/mol. The molecule has 1 atom stereocenters. The summed E-state index contributed by atoms with van der Waals surface area (Å²) in [6.07, 6.45) is 1.50. The molecule has 0 saturated carbocycles. The maximum Gasteiger partial charge on any atom is 0.244 e. The minimum absolute atomic E-state index is 0.306. The molecule has 0 aliphatic rings. The van der Waals surface area contributed by atoms with Crippen LogP contribution in [0.15, 0.2) is 54.6 Å². The lowest BCUT2D eigenvalue weighted by Gasteiger charge is -2.30. The van der Waals surface area contributed by atoms with Crippen LogP contribution in [0.4, 0.5) is 5.69 Å². The van der Waals surface area contributed by atoms with Crippen molar-refractivity contribution in [3.05, 3.63) is 65.7 Å². The van der Waals surface area contributed by atoms with Gasteiger partial charge in [-0.25, -0.2) is 8.42 Å². The molecule has 2 rings (SSSR count). The number of sulfonamides is 1. The molecule has 1 amide bonds. The number of aryl methyl sites for hydroxylation is 1. The van der Waals surface area contributed by atoms with Crippen molar-refractivity contribution in [1.82, 2.24) is 5.32 Å². The SMILES string of the molecule is CC[C@H](C(=O)NCc1ccccc1C)N(c1ccccc1)S(C)(=O)=O. The third-order valence-corrected chi connectivity index (χ3v) is 5.23. The van der Waals surface area contributed by atoms with Gasteiger partial charge in [-0.05, 0) is 36.6 Å². The van der Waals surface area contributed by atoms with Crippen LogP contribution in [-0.4, -0.2) is 26.6 Å². The molecule has 0 fully saturated rings. The van der Waals surface area contributed by atoms with E-state index in [9.17, 15) is 13.2 Å². The first-order valence-corrected chi connectivity index (χ1v) is 10.1. The second-order valence-corrected chi connectivity index (χ2v) is 7.82. The number of hydrogen-bond acceptors (Lipinski definition) is 3. The lowest BCUT2D eigenvalue weighted by atomic mass is 10.1. The summed E-state index contributed by atoms with van der Waals surface area (Å²) in [4.78, 5) is 12.7. The molecule has 2 aromatic carbocycles. The fraction of sp³-hybridized carbons (Fsp3) is 0.316. The Hall–Kier alpha value is -2.34. The minimum atomic E-state index is -3.59. The summed E-state index contributed by atoms with van der Waals surface area (Å²) in [5, 5.41) is 2.87. The molecule has 2 aromatic rings. The van der Waals surface area contributed by atoms with Crippen LogP contribution in [0.2, 0.25) is 0 Å². The number of nitrogens with one attached hydrogen (secondary N) is 1. The van der Waals surface area contributed by atoms with Crippen LogP contribution in [0.5, 0.6) is 0 Å². The maximum atomic E-state index is 12.7. The van der Waals surface area contributed by atoms with Crippen LogP contribution < -0.4 is 9.62 Å². The number of para-hydroxylation sites is 1. The molecule has 0 aliphatic heterocycles. The minimum Gasteiger partial charge on any atom is -0.350 e. The van der Waals surface area contributed by atoms with E-state index in [1.54, 1.807) is 31.2 Å². The molecule has 1 N–H and O–H groups in total. The van der Waals surface area contributed by atoms with Crippen LogP contribution in [-0.2, 0) is 21.4 Å². The molecule has 5 nitrogen and oxygen atoms in total. The summed E-state index contributed by atoms with van der Waals surface area (Å²) in [5.41, 5.74) is 2.58. The highest BCUT2D eigenvalue weighted by molar-refractivity contribution is 7.92. The Morgan fingerprint density at radius 2 is 1.68 bits per heavy atom. The Bertz CT molecular complexity index is 820. The highest BCUT2D eigenvalue weighted by Gasteiger charge is 2.31. The van der Waals surface area contributed by atoms with E-state index in [-0.39, 0.29) is 5.91 Å². The topological polar surface area (TPSA) is 66.5 Å². The summed E-state index contributed by atoms with van der Waals surface area (Å²) in [5.74, 6) is -0.306. The zero-order valence-corrected chi connectivity index (χ0v) is 15.6. The van der Waals surface area contributed by atoms with Crippen molar-refractivity contribution in [2.45, 2.75) is 32.9 Å². The van der Waals surface area contributed by atoms with E-state index >= 15 is 0 Å². The maximum absolute atomic E-state index is 12.7. The van der Waals surface area contributed by atoms with Crippen LogP contribution in [0.25, 0.3) is 0 Å². The van der Waals surface area contributed by atoms with Crippen molar-refractivity contribution in [3.63, 3.8) is 0 Å². The van der Waals surface area contributed by atoms with E-state index < -0.39 is 16.1 Å². The molecule has 0 aliphatic carbocycles. The Balaban J connectivity index is 2.23. The predicted octanol–water partition coefficient (Wildman–Crippen LogP) is 2.86. The summed E-state index contributed by atoms with van der Waals surface area (Å²) >= 11 is 0. The second-order valence-electron chi connectivity index (χ2n) is 5.96. The van der Waals surface area contributed by atoms with Crippen molar-refractivity contribution >= 4 is 21.6 Å². The van der Waals surface area contributed by atoms with Crippen LogP contribution in [0.3, 0.4) is 0 Å². The predicted molar refractivity (Wildman–Crippen MR) is 101 cm³/mol. The van der Waals surface area contributed by atoms with Crippen LogP contribution in [0.1, 0.15) is 24.5 Å². The summed E-state index contributed by atoms with van der Waals surface area (Å²) in [6, 6.07) is 15.7. The van der Waals surface area contributed by atoms with E-state index in [1.165, 1.54) is 4.31 Å². The molecule has 0 saturated heterocycles. The Morgan fingerprint density at radius 3 is 2.24 bits per heavy atom. The molecule has 6 heteroatoms. The largest absolute Gasteiger partial charge is 0.350 e. The number of nitrogens with zero attached hydrogens (tertiary/aromatic N) is 1. The van der Waals surface area contributed by atoms with E-state index in [4.69, 9.17) is 0 Å². The van der Waals surface area contributed by atoms with Gasteiger partial charge < -0.3 is 5.32 Å². The first-order valence-electron chi connectivity index (χ1n) is 8.21. The first-order chi connectivity index (χ1) is 11.8. The molecule has 0 radical (unpaired) electrons. The third kappa shape index (κ3) is 4.82. The van der Waals surface area contributed by atoms with E-state index in [0.29, 0.717) is 18.7 Å². The van der Waals surface area contributed by atoms with Gasteiger partial charge in [-0.3, -0.25) is 9.10 Å². The number of anilines is 1. The van der Waals surface area contributed by atoms with E-state index in [0.717, 1.165) is 17.4 Å². The molecule has 25 heavy (non-hydrogen) atoms. The summed E-state index contributed by atoms with van der Waals surface area (Å²) in [6.45, 7) is 4.15. The number of hydrogen-bond donors (Lipinski definition) is 1. The summed E-state index contributed by atoms with van der Waals surface area (Å²) < 4.78 is 25.8. The molecule has 0 heterocycles. The average Bonchev–Trinajstić information content (AvgIpc) is 2.58. The number of rotatable bonds is 7. The zero-order chi connectivity index (χ0) is 18.4. The quantitative estimate of drug-likeness (QED) is 0.826. The van der Waals surface area contributed by atoms with Gasteiger partial charge in [-0.2, -0.15) is 0 Å². The van der Waals surface area contributed by atoms with Gasteiger partial charge in [0.2, 0.25) is 15.9 Å². The number of carbonyl (C=O) groups is 1. The lowest BCUT2D eigenvalue weighted by Crippen LogP contribution is -2.49. The van der Waals surface area contributed by atoms with Gasteiger partial charge in [0.05, 0.1) is 11.9 Å². The Morgan fingerprint density at radius 1 is 1.08 bits per heavy atom. The second kappa shape index (κ2) is 8.16. The third-order valence-electron chi connectivity index (χ3n) is 4.05. The molecular formula is C19H24N2O3S. The Kier molecular flexibility index (Phi) is 6.20. The number of carbonyl (C=O) groups excluding carboxylic acids is 1. The monoisotopic (exact) mass is 360 g/mol. The standard InChI is InChI=1S/C19H24N2O3S/c1-4-18(19(22)20-14-16-11-9-8-10-15(16)2)21(25(3,23)24)17-12-6-5-7-13-17/h5-13,18H,4,14H2,1-3H3,(H,20,22)/t18-/m1/s1. The van der Waals surface area contributed by atoms with Crippen molar-refractivity contribution in [1.29, 1.82) is 0 Å². The van der Waals surface area contributed by atoms with Gasteiger partial charge in [0, 0.05) is 6.54 Å². The smallest absolute Gasteiger partial charge is 0.244 e. The fourth-order valence-electron chi connectivity index (χ4n) is 2.74. The number of amides is 1. The highest BCUT2D eigenvalue weighted by Crippen LogP contribution is 2.22. The van der Waals surface area contributed by atoms with E-state index in [1.807, 2.05) is 37.3 Å². The van der Waals surface area contributed by atoms with Gasteiger partial charge in [-0.15, -0.1) is 0 Å². The van der Waals surface area contributed by atoms with Crippen LogP contribution >= 0.6 is 0 Å². The van der Waals surface area contributed by atoms with Crippen LogP contribution in [0, 0.1) is 6.92 Å². The van der Waals surface area contributed by atoms with E-state index in [2.05, 4.69) is 5.32 Å². The van der Waals surface area contributed by atoms with Gasteiger partial charge in [-0.1, -0.05) is 49.4 Å². The van der Waals surface area contributed by atoms with Gasteiger partial charge >= 0.3 is 0 Å². The highest BCUT2D eigenvalue weighted by atomic mass is 32.2. The molecule has 0 aromatic heterocycles. The fourth-order valence-corrected chi connectivity index (χ4v) is 3.96. The number of benzene rings is 2. The molecule has 0 bridgehead atoms. The lowest BCUT2D eigenvalue weighted by molar-refractivity contribution is -0.122. The molecule has 0 spiro atoms. The van der Waals surface area contributed by atoms with Crippen molar-refractivity contribution in [2.24, 2.45) is 0 Å². The average molecular weight is 360 g/mol. The summed E-state index contributed by atoms with van der Waals surface area (Å²) in [7, 11) is -3.59. The van der Waals surface area contributed by atoms with Crippen molar-refractivity contribution < 1.29 is 13.2 Å². The van der Waals surface area contributed by atoms with Gasteiger partial charge in [0.1, 0.15) is 6.04 Å². The Labute approximate surface area is 149 Å². The first kappa shape index (κ1) is 19.0. The molecule has 134 valence electrons. The van der Waals surface area contributed by atoms with Crippen molar-refractivity contribution in [2.75, 3.05) is 10.6 Å². The van der Waals surface area contributed by atoms with Gasteiger partial charge in [0.25, 0.3) is 0 Å². The normalized spacial score (nSPS) is 12.4. The van der Waals surface area contributed by atoms with Gasteiger partial charge in [0.15, 0.2) is 0 Å².